The molecule has 1 aromatic heterocycles. The highest BCUT2D eigenvalue weighted by atomic mass is 79.9. The zero-order valence-corrected chi connectivity index (χ0v) is 11.5. The molecule has 0 saturated carbocycles. The van der Waals surface area contributed by atoms with Crippen molar-refractivity contribution >= 4 is 27.0 Å². The summed E-state index contributed by atoms with van der Waals surface area (Å²) in [4.78, 5) is 4.30. The lowest BCUT2D eigenvalue weighted by molar-refractivity contribution is 0.188. The first-order valence-corrected chi connectivity index (χ1v) is 6.20. The maximum absolute atomic E-state index is 5.03. The highest BCUT2D eigenvalue weighted by molar-refractivity contribution is 9.10. The summed E-state index contributed by atoms with van der Waals surface area (Å²) in [5.41, 5.74) is 2.15. The third-order valence-corrected chi connectivity index (χ3v) is 2.61. The van der Waals surface area contributed by atoms with Crippen LogP contribution in [0.3, 0.4) is 0 Å². The topological polar surface area (TPSA) is 27.1 Å². The van der Waals surface area contributed by atoms with Crippen LogP contribution in [0, 0.1) is 0 Å². The molecule has 16 heavy (non-hydrogen) atoms. The molecule has 0 N–H and O–H groups in total. The number of methoxy groups -OCH3 is 1. The lowest BCUT2D eigenvalue weighted by Gasteiger charge is -2.02. The smallest absolute Gasteiger partial charge is 0.0959 e. The van der Waals surface area contributed by atoms with E-state index in [9.17, 15) is 0 Å². The zero-order valence-electron chi connectivity index (χ0n) is 9.90. The lowest BCUT2D eigenvalue weighted by atomic mass is 10.3. The number of halogens is 1. The molecular formula is C12H17BrN2O. The molecular weight excluding hydrogens is 268 g/mol. The number of hydrogen-bond acceptors (Lipinski definition) is 2. The minimum Gasteiger partial charge on any atom is -0.383 e. The Balaban J connectivity index is 0.000000606. The summed E-state index contributed by atoms with van der Waals surface area (Å²) < 4.78 is 8.19. The van der Waals surface area contributed by atoms with Gasteiger partial charge in [-0.2, -0.15) is 0 Å². The predicted octanol–water partition coefficient (Wildman–Crippen LogP) is 3.47. The lowest BCUT2D eigenvalue weighted by Crippen LogP contribution is -2.02. The highest BCUT2D eigenvalue weighted by Crippen LogP contribution is 2.18. The van der Waals surface area contributed by atoms with Gasteiger partial charge in [-0.25, -0.2) is 4.98 Å². The molecule has 0 aliphatic heterocycles. The van der Waals surface area contributed by atoms with E-state index in [1.807, 2.05) is 32.3 Å². The predicted molar refractivity (Wildman–Crippen MR) is 70.7 cm³/mol. The third-order valence-electron chi connectivity index (χ3n) is 2.12. The average Bonchev–Trinajstić information content (AvgIpc) is 2.71. The van der Waals surface area contributed by atoms with Gasteiger partial charge in [0.1, 0.15) is 0 Å². The van der Waals surface area contributed by atoms with Crippen LogP contribution in [0.2, 0.25) is 0 Å². The summed E-state index contributed by atoms with van der Waals surface area (Å²) in [5, 5.41) is 0. The maximum atomic E-state index is 5.03. The highest BCUT2D eigenvalue weighted by Gasteiger charge is 2.01. The Morgan fingerprint density at radius 1 is 1.38 bits per heavy atom. The fourth-order valence-electron chi connectivity index (χ4n) is 1.40. The van der Waals surface area contributed by atoms with Gasteiger partial charge in [-0.15, -0.1) is 0 Å². The van der Waals surface area contributed by atoms with Crippen molar-refractivity contribution in [2.45, 2.75) is 20.4 Å². The second-order valence-electron chi connectivity index (χ2n) is 3.06. The summed E-state index contributed by atoms with van der Waals surface area (Å²) in [6.07, 6.45) is 1.84. The van der Waals surface area contributed by atoms with Crippen molar-refractivity contribution in [3.63, 3.8) is 0 Å². The number of fused-ring (bicyclic) bond motifs is 1. The van der Waals surface area contributed by atoms with E-state index < -0.39 is 0 Å². The van der Waals surface area contributed by atoms with Crippen molar-refractivity contribution in [2.24, 2.45) is 0 Å². The summed E-state index contributed by atoms with van der Waals surface area (Å²) in [6.45, 7) is 5.54. The monoisotopic (exact) mass is 284 g/mol. The SMILES string of the molecule is CC.COCCn1cnc2ccc(Br)cc21. The summed E-state index contributed by atoms with van der Waals surface area (Å²) in [6, 6.07) is 6.07. The second-order valence-corrected chi connectivity index (χ2v) is 3.98. The number of ether oxygens (including phenoxy) is 1. The molecule has 2 rings (SSSR count). The Hall–Kier alpha value is -0.870. The van der Waals surface area contributed by atoms with E-state index in [1.54, 1.807) is 7.11 Å². The van der Waals surface area contributed by atoms with E-state index >= 15 is 0 Å². The summed E-state index contributed by atoms with van der Waals surface area (Å²) >= 11 is 3.45. The quantitative estimate of drug-likeness (QED) is 0.863. The number of aromatic nitrogens is 2. The van der Waals surface area contributed by atoms with Crippen molar-refractivity contribution in [3.05, 3.63) is 29.0 Å². The Bertz CT molecular complexity index is 440. The van der Waals surface area contributed by atoms with Gasteiger partial charge in [-0.3, -0.25) is 0 Å². The van der Waals surface area contributed by atoms with Crippen LogP contribution in [-0.4, -0.2) is 23.3 Å². The van der Waals surface area contributed by atoms with Crippen LogP contribution in [0.4, 0.5) is 0 Å². The molecule has 0 unspecified atom stereocenters. The van der Waals surface area contributed by atoms with Crippen molar-refractivity contribution in [1.82, 2.24) is 9.55 Å². The van der Waals surface area contributed by atoms with Crippen LogP contribution in [-0.2, 0) is 11.3 Å². The summed E-state index contributed by atoms with van der Waals surface area (Å²) in [5.74, 6) is 0. The van der Waals surface area contributed by atoms with Crippen LogP contribution in [0.5, 0.6) is 0 Å². The van der Waals surface area contributed by atoms with Crippen LogP contribution in [0.1, 0.15) is 13.8 Å². The standard InChI is InChI=1S/C10H11BrN2O.C2H6/c1-14-5-4-13-7-12-9-3-2-8(11)6-10(9)13;1-2/h2-3,6-7H,4-5H2,1H3;1-2H3. The first kappa shape index (κ1) is 13.2. The van der Waals surface area contributed by atoms with E-state index in [0.29, 0.717) is 6.61 Å². The Morgan fingerprint density at radius 2 is 2.12 bits per heavy atom. The Kier molecular flexibility index (Phi) is 5.49. The average molecular weight is 285 g/mol. The van der Waals surface area contributed by atoms with Crippen LogP contribution in [0.25, 0.3) is 11.0 Å². The molecule has 0 saturated heterocycles. The minimum atomic E-state index is 0.706. The molecule has 0 amide bonds. The van der Waals surface area contributed by atoms with Gasteiger partial charge < -0.3 is 9.30 Å². The summed E-state index contributed by atoms with van der Waals surface area (Å²) in [7, 11) is 1.70. The third kappa shape index (κ3) is 3.06. The number of nitrogens with zero attached hydrogens (tertiary/aromatic N) is 2. The fourth-order valence-corrected chi connectivity index (χ4v) is 1.75. The molecule has 1 aromatic carbocycles. The van der Waals surface area contributed by atoms with Gasteiger partial charge in [0.15, 0.2) is 0 Å². The van der Waals surface area contributed by atoms with Gasteiger partial charge in [-0.1, -0.05) is 29.8 Å². The number of hydrogen-bond donors (Lipinski definition) is 0. The Morgan fingerprint density at radius 3 is 2.81 bits per heavy atom. The number of rotatable bonds is 3. The molecule has 0 aliphatic carbocycles. The van der Waals surface area contributed by atoms with Gasteiger partial charge in [0, 0.05) is 18.1 Å². The van der Waals surface area contributed by atoms with Crippen molar-refractivity contribution < 1.29 is 4.74 Å². The van der Waals surface area contributed by atoms with Crippen molar-refractivity contribution in [3.8, 4) is 0 Å². The van der Waals surface area contributed by atoms with Crippen molar-refractivity contribution in [1.29, 1.82) is 0 Å². The Labute approximate surface area is 105 Å². The van der Waals surface area contributed by atoms with E-state index in [1.165, 1.54) is 0 Å². The molecule has 0 aliphatic rings. The molecule has 2 aromatic rings. The number of imidazole rings is 1. The molecule has 1 heterocycles. The molecule has 88 valence electrons. The van der Waals surface area contributed by atoms with E-state index in [2.05, 4.69) is 31.5 Å². The molecule has 4 heteroatoms. The van der Waals surface area contributed by atoms with Gasteiger partial charge in [0.05, 0.1) is 24.0 Å². The van der Waals surface area contributed by atoms with Gasteiger partial charge in [0.2, 0.25) is 0 Å². The molecule has 0 fully saturated rings. The van der Waals surface area contributed by atoms with E-state index in [4.69, 9.17) is 4.74 Å². The first-order valence-electron chi connectivity index (χ1n) is 5.40. The molecule has 0 atom stereocenters. The molecule has 0 radical (unpaired) electrons. The van der Waals surface area contributed by atoms with E-state index in [0.717, 1.165) is 22.1 Å². The number of benzene rings is 1. The molecule has 0 bridgehead atoms. The largest absolute Gasteiger partial charge is 0.383 e. The van der Waals surface area contributed by atoms with E-state index in [-0.39, 0.29) is 0 Å². The van der Waals surface area contributed by atoms with Gasteiger partial charge in [0.25, 0.3) is 0 Å². The zero-order chi connectivity index (χ0) is 12.0. The van der Waals surface area contributed by atoms with Crippen LogP contribution >= 0.6 is 15.9 Å². The van der Waals surface area contributed by atoms with Gasteiger partial charge >= 0.3 is 0 Å². The van der Waals surface area contributed by atoms with Gasteiger partial charge in [-0.05, 0) is 18.2 Å². The first-order chi connectivity index (χ1) is 7.81. The minimum absolute atomic E-state index is 0.706. The molecule has 0 spiro atoms. The van der Waals surface area contributed by atoms with Crippen LogP contribution in [0.15, 0.2) is 29.0 Å². The van der Waals surface area contributed by atoms with Crippen LogP contribution < -0.4 is 0 Å². The fraction of sp³-hybridized carbons (Fsp3) is 0.417. The van der Waals surface area contributed by atoms with Crippen molar-refractivity contribution in [2.75, 3.05) is 13.7 Å². The maximum Gasteiger partial charge on any atom is 0.0959 e. The molecule has 3 nitrogen and oxygen atoms in total. The second kappa shape index (κ2) is 6.66. The normalized spacial score (nSPS) is 10.0.